The van der Waals surface area contributed by atoms with Crippen LogP contribution in [0, 0.1) is 17.2 Å². The summed E-state index contributed by atoms with van der Waals surface area (Å²) in [5, 5.41) is 11.4. The molecular formula is C14H16N2O3. The molecule has 1 aromatic carbocycles. The fourth-order valence-corrected chi connectivity index (χ4v) is 1.58. The molecule has 1 aromatic rings. The second-order valence-corrected chi connectivity index (χ2v) is 4.41. The van der Waals surface area contributed by atoms with E-state index in [-0.39, 0.29) is 5.92 Å². The van der Waals surface area contributed by atoms with Crippen LogP contribution in [0.2, 0.25) is 0 Å². The van der Waals surface area contributed by atoms with Crippen molar-refractivity contribution in [1.82, 2.24) is 5.32 Å². The number of carbonyl (C=O) groups is 2. The molecule has 1 N–H and O–H groups in total. The summed E-state index contributed by atoms with van der Waals surface area (Å²) in [6.07, 6.45) is 0. The van der Waals surface area contributed by atoms with E-state index in [4.69, 9.17) is 5.26 Å². The third-order valence-electron chi connectivity index (χ3n) is 2.66. The molecule has 1 amide bonds. The van der Waals surface area contributed by atoms with E-state index in [0.717, 1.165) is 0 Å². The van der Waals surface area contributed by atoms with Crippen LogP contribution in [0.15, 0.2) is 24.3 Å². The number of nitrogens with zero attached hydrogens (tertiary/aromatic N) is 1. The molecule has 0 saturated carbocycles. The van der Waals surface area contributed by atoms with E-state index >= 15 is 0 Å². The van der Waals surface area contributed by atoms with E-state index in [1.807, 2.05) is 19.9 Å². The lowest BCUT2D eigenvalue weighted by atomic mass is 10.0. The van der Waals surface area contributed by atoms with Crippen molar-refractivity contribution in [3.8, 4) is 6.07 Å². The van der Waals surface area contributed by atoms with Gasteiger partial charge in [-0.3, -0.25) is 4.79 Å². The zero-order valence-corrected chi connectivity index (χ0v) is 11.1. The predicted molar refractivity (Wildman–Crippen MR) is 69.3 cm³/mol. The number of nitriles is 1. The summed E-state index contributed by atoms with van der Waals surface area (Å²) in [6, 6.07) is 7.55. The first-order chi connectivity index (χ1) is 8.99. The van der Waals surface area contributed by atoms with E-state index in [9.17, 15) is 9.59 Å². The number of hydrogen-bond donors (Lipinski definition) is 1. The van der Waals surface area contributed by atoms with Gasteiger partial charge in [-0.25, -0.2) is 4.79 Å². The summed E-state index contributed by atoms with van der Waals surface area (Å²) in [7, 11) is 1.28. The minimum absolute atomic E-state index is 0.0875. The van der Waals surface area contributed by atoms with Gasteiger partial charge in [-0.2, -0.15) is 5.26 Å². The molecule has 19 heavy (non-hydrogen) atoms. The minimum Gasteiger partial charge on any atom is -0.467 e. The van der Waals surface area contributed by atoms with Gasteiger partial charge in [0.25, 0.3) is 5.91 Å². The second-order valence-electron chi connectivity index (χ2n) is 4.41. The number of amides is 1. The minimum atomic E-state index is -0.705. The molecule has 0 unspecified atom stereocenters. The fourth-order valence-electron chi connectivity index (χ4n) is 1.58. The second kappa shape index (κ2) is 6.55. The van der Waals surface area contributed by atoms with Gasteiger partial charge in [0.15, 0.2) is 0 Å². The number of rotatable bonds is 4. The number of ether oxygens (including phenoxy) is 1. The van der Waals surface area contributed by atoms with Crippen molar-refractivity contribution in [3.63, 3.8) is 0 Å². The SMILES string of the molecule is COC(=O)[C@H](NC(=O)c1cccc(C#N)c1)C(C)C. The van der Waals surface area contributed by atoms with Crippen LogP contribution in [0.5, 0.6) is 0 Å². The fraction of sp³-hybridized carbons (Fsp3) is 0.357. The molecule has 0 saturated heterocycles. The number of carbonyl (C=O) groups excluding carboxylic acids is 2. The van der Waals surface area contributed by atoms with Gasteiger partial charge in [0, 0.05) is 5.56 Å². The first kappa shape index (κ1) is 14.7. The average Bonchev–Trinajstić information content (AvgIpc) is 2.43. The van der Waals surface area contributed by atoms with E-state index in [0.29, 0.717) is 11.1 Å². The molecule has 0 heterocycles. The number of methoxy groups -OCH3 is 1. The zero-order valence-electron chi connectivity index (χ0n) is 11.1. The average molecular weight is 260 g/mol. The number of nitrogens with one attached hydrogen (secondary N) is 1. The third kappa shape index (κ3) is 3.81. The first-order valence-electron chi connectivity index (χ1n) is 5.88. The summed E-state index contributed by atoms with van der Waals surface area (Å²) in [4.78, 5) is 23.6. The van der Waals surface area contributed by atoms with Gasteiger partial charge in [-0.05, 0) is 24.1 Å². The van der Waals surface area contributed by atoms with Gasteiger partial charge >= 0.3 is 5.97 Å². The highest BCUT2D eigenvalue weighted by Gasteiger charge is 2.25. The molecular weight excluding hydrogens is 244 g/mol. The summed E-state index contributed by atoms with van der Waals surface area (Å²) in [6.45, 7) is 3.63. The van der Waals surface area contributed by atoms with Crippen molar-refractivity contribution in [2.75, 3.05) is 7.11 Å². The Hall–Kier alpha value is -2.35. The van der Waals surface area contributed by atoms with Crippen molar-refractivity contribution in [2.45, 2.75) is 19.9 Å². The maximum atomic E-state index is 12.0. The molecule has 0 fully saturated rings. The molecule has 0 spiro atoms. The van der Waals surface area contributed by atoms with Crippen molar-refractivity contribution in [1.29, 1.82) is 5.26 Å². The Morgan fingerprint density at radius 2 is 2.05 bits per heavy atom. The van der Waals surface area contributed by atoms with Crippen LogP contribution in [0.1, 0.15) is 29.8 Å². The number of hydrogen-bond acceptors (Lipinski definition) is 4. The molecule has 5 nitrogen and oxygen atoms in total. The highest BCUT2D eigenvalue weighted by Crippen LogP contribution is 2.08. The van der Waals surface area contributed by atoms with Gasteiger partial charge in [0.2, 0.25) is 0 Å². The van der Waals surface area contributed by atoms with Crippen LogP contribution in [0.4, 0.5) is 0 Å². The normalized spacial score (nSPS) is 11.5. The van der Waals surface area contributed by atoms with Crippen molar-refractivity contribution >= 4 is 11.9 Å². The molecule has 5 heteroatoms. The first-order valence-corrected chi connectivity index (χ1v) is 5.88. The molecule has 1 atom stereocenters. The van der Waals surface area contributed by atoms with Crippen LogP contribution in [-0.2, 0) is 9.53 Å². The Labute approximate surface area is 112 Å². The molecule has 0 aromatic heterocycles. The van der Waals surface area contributed by atoms with E-state index in [2.05, 4.69) is 10.1 Å². The highest BCUT2D eigenvalue weighted by atomic mass is 16.5. The molecule has 0 radical (unpaired) electrons. The highest BCUT2D eigenvalue weighted by molar-refractivity contribution is 5.97. The topological polar surface area (TPSA) is 79.2 Å². The monoisotopic (exact) mass is 260 g/mol. The summed E-state index contributed by atoms with van der Waals surface area (Å²) in [5.41, 5.74) is 0.736. The predicted octanol–water partition coefficient (Wildman–Crippen LogP) is 1.49. The van der Waals surface area contributed by atoms with Gasteiger partial charge in [-0.1, -0.05) is 19.9 Å². The van der Waals surface area contributed by atoms with Crippen LogP contribution in [0.3, 0.4) is 0 Å². The maximum Gasteiger partial charge on any atom is 0.328 e. The standard InChI is InChI=1S/C14H16N2O3/c1-9(2)12(14(18)19-3)16-13(17)11-6-4-5-10(7-11)8-15/h4-7,9,12H,1-3H3,(H,16,17)/t12-/m1/s1. The zero-order chi connectivity index (χ0) is 14.4. The van der Waals surface area contributed by atoms with Crippen molar-refractivity contribution in [2.24, 2.45) is 5.92 Å². The van der Waals surface area contributed by atoms with Crippen molar-refractivity contribution < 1.29 is 14.3 Å². The Morgan fingerprint density at radius 3 is 2.58 bits per heavy atom. The Bertz CT molecular complexity index is 518. The number of benzene rings is 1. The van der Waals surface area contributed by atoms with Crippen LogP contribution in [-0.4, -0.2) is 25.0 Å². The van der Waals surface area contributed by atoms with Crippen LogP contribution >= 0.6 is 0 Å². The molecule has 1 rings (SSSR count). The Balaban J connectivity index is 2.88. The summed E-state index contributed by atoms with van der Waals surface area (Å²) in [5.74, 6) is -0.975. The van der Waals surface area contributed by atoms with Gasteiger partial charge in [0.1, 0.15) is 6.04 Å². The molecule has 0 aliphatic heterocycles. The summed E-state index contributed by atoms with van der Waals surface area (Å²) >= 11 is 0. The lowest BCUT2D eigenvalue weighted by Crippen LogP contribution is -2.45. The van der Waals surface area contributed by atoms with Crippen LogP contribution < -0.4 is 5.32 Å². The van der Waals surface area contributed by atoms with E-state index < -0.39 is 17.9 Å². The van der Waals surface area contributed by atoms with E-state index in [1.54, 1.807) is 18.2 Å². The summed E-state index contributed by atoms with van der Waals surface area (Å²) < 4.78 is 4.65. The van der Waals surface area contributed by atoms with Crippen molar-refractivity contribution in [3.05, 3.63) is 35.4 Å². The van der Waals surface area contributed by atoms with Gasteiger partial charge in [-0.15, -0.1) is 0 Å². The number of esters is 1. The molecule has 0 bridgehead atoms. The largest absolute Gasteiger partial charge is 0.467 e. The molecule has 0 aliphatic rings. The lowest BCUT2D eigenvalue weighted by molar-refractivity contribution is -0.144. The third-order valence-corrected chi connectivity index (χ3v) is 2.66. The van der Waals surface area contributed by atoms with Crippen LogP contribution in [0.25, 0.3) is 0 Å². The quantitative estimate of drug-likeness (QED) is 0.832. The Kier molecular flexibility index (Phi) is 5.07. The van der Waals surface area contributed by atoms with Gasteiger partial charge < -0.3 is 10.1 Å². The molecule has 100 valence electrons. The smallest absolute Gasteiger partial charge is 0.328 e. The maximum absolute atomic E-state index is 12.0. The van der Waals surface area contributed by atoms with E-state index in [1.165, 1.54) is 13.2 Å². The Morgan fingerprint density at radius 1 is 1.37 bits per heavy atom. The lowest BCUT2D eigenvalue weighted by Gasteiger charge is -2.19. The molecule has 0 aliphatic carbocycles. The van der Waals surface area contributed by atoms with Gasteiger partial charge in [0.05, 0.1) is 18.7 Å².